The number of aliphatic carboxylic acids is 1. The summed E-state index contributed by atoms with van der Waals surface area (Å²) in [5.74, 6) is -0.970. The van der Waals surface area contributed by atoms with Crippen LogP contribution < -0.4 is 5.32 Å². The zero-order valence-corrected chi connectivity index (χ0v) is 11.7. The standard InChI is InChI=1S/C16H17NO4/c1-11-9-10-21-15(11)16(20)17-13(7-8-14(18)19)12-5-3-2-4-6-12/h2-6,9-10,13H,7-8H2,1H3,(H,17,20)(H,18,19). The first-order chi connectivity index (χ1) is 10.1. The largest absolute Gasteiger partial charge is 0.481 e. The lowest BCUT2D eigenvalue weighted by Gasteiger charge is -2.18. The molecule has 1 atom stereocenters. The average molecular weight is 287 g/mol. The number of nitrogens with one attached hydrogen (secondary N) is 1. The van der Waals surface area contributed by atoms with Crippen molar-refractivity contribution in [3.05, 3.63) is 59.5 Å². The van der Waals surface area contributed by atoms with Crippen LogP contribution in [0.25, 0.3) is 0 Å². The van der Waals surface area contributed by atoms with Crippen molar-refractivity contribution in [1.29, 1.82) is 0 Å². The van der Waals surface area contributed by atoms with E-state index in [0.29, 0.717) is 6.42 Å². The number of aryl methyl sites for hydroxylation is 1. The minimum Gasteiger partial charge on any atom is -0.481 e. The maximum Gasteiger partial charge on any atom is 0.303 e. The van der Waals surface area contributed by atoms with E-state index in [0.717, 1.165) is 11.1 Å². The van der Waals surface area contributed by atoms with Crippen LogP contribution in [0.4, 0.5) is 0 Å². The highest BCUT2D eigenvalue weighted by atomic mass is 16.4. The number of carbonyl (C=O) groups is 2. The van der Waals surface area contributed by atoms with Gasteiger partial charge in [0, 0.05) is 12.0 Å². The van der Waals surface area contributed by atoms with E-state index >= 15 is 0 Å². The minimum atomic E-state index is -0.889. The summed E-state index contributed by atoms with van der Waals surface area (Å²) in [5.41, 5.74) is 1.62. The van der Waals surface area contributed by atoms with E-state index in [1.54, 1.807) is 13.0 Å². The van der Waals surface area contributed by atoms with Crippen LogP contribution in [0.1, 0.15) is 40.6 Å². The Morgan fingerprint density at radius 3 is 2.52 bits per heavy atom. The summed E-state index contributed by atoms with van der Waals surface area (Å²) in [4.78, 5) is 23.0. The number of hydrogen-bond donors (Lipinski definition) is 2. The molecule has 21 heavy (non-hydrogen) atoms. The molecule has 2 aromatic rings. The fourth-order valence-electron chi connectivity index (χ4n) is 2.10. The number of amides is 1. The highest BCUT2D eigenvalue weighted by molar-refractivity contribution is 5.93. The fourth-order valence-corrected chi connectivity index (χ4v) is 2.10. The van der Waals surface area contributed by atoms with E-state index < -0.39 is 5.97 Å². The van der Waals surface area contributed by atoms with E-state index in [-0.39, 0.29) is 24.1 Å². The van der Waals surface area contributed by atoms with Crippen molar-refractivity contribution in [3.8, 4) is 0 Å². The van der Waals surface area contributed by atoms with Crippen LogP contribution >= 0.6 is 0 Å². The van der Waals surface area contributed by atoms with Crippen LogP contribution in [0.2, 0.25) is 0 Å². The zero-order valence-electron chi connectivity index (χ0n) is 11.7. The van der Waals surface area contributed by atoms with Crippen LogP contribution in [0, 0.1) is 6.92 Å². The van der Waals surface area contributed by atoms with Gasteiger partial charge in [-0.3, -0.25) is 9.59 Å². The number of benzene rings is 1. The third kappa shape index (κ3) is 3.95. The van der Waals surface area contributed by atoms with Crippen molar-refractivity contribution in [2.45, 2.75) is 25.8 Å². The third-order valence-corrected chi connectivity index (χ3v) is 3.22. The fraction of sp³-hybridized carbons (Fsp3) is 0.250. The van der Waals surface area contributed by atoms with Gasteiger partial charge in [-0.15, -0.1) is 0 Å². The molecule has 110 valence electrons. The number of carbonyl (C=O) groups excluding carboxylic acids is 1. The summed E-state index contributed by atoms with van der Waals surface area (Å²) in [6, 6.07) is 10.7. The third-order valence-electron chi connectivity index (χ3n) is 3.22. The zero-order chi connectivity index (χ0) is 15.2. The molecule has 0 spiro atoms. The second-order valence-electron chi connectivity index (χ2n) is 4.80. The van der Waals surface area contributed by atoms with Crippen LogP contribution in [-0.2, 0) is 4.79 Å². The van der Waals surface area contributed by atoms with E-state index in [4.69, 9.17) is 9.52 Å². The van der Waals surface area contributed by atoms with Gasteiger partial charge >= 0.3 is 5.97 Å². The van der Waals surface area contributed by atoms with Crippen molar-refractivity contribution >= 4 is 11.9 Å². The van der Waals surface area contributed by atoms with Crippen LogP contribution in [0.5, 0.6) is 0 Å². The van der Waals surface area contributed by atoms with E-state index in [2.05, 4.69) is 5.32 Å². The topological polar surface area (TPSA) is 79.5 Å². The molecule has 0 saturated carbocycles. The monoisotopic (exact) mass is 287 g/mol. The Hall–Kier alpha value is -2.56. The number of hydrogen-bond acceptors (Lipinski definition) is 3. The van der Waals surface area contributed by atoms with Crippen molar-refractivity contribution < 1.29 is 19.1 Å². The molecular formula is C16H17NO4. The van der Waals surface area contributed by atoms with Gasteiger partial charge in [0.15, 0.2) is 5.76 Å². The second kappa shape index (κ2) is 6.74. The summed E-state index contributed by atoms with van der Waals surface area (Å²) in [6.07, 6.45) is 1.76. The Bertz CT molecular complexity index is 618. The van der Waals surface area contributed by atoms with E-state index in [1.165, 1.54) is 6.26 Å². The van der Waals surface area contributed by atoms with Gasteiger partial charge in [-0.2, -0.15) is 0 Å². The molecule has 0 radical (unpaired) electrons. The van der Waals surface area contributed by atoms with Gasteiger partial charge < -0.3 is 14.8 Å². The molecule has 0 saturated heterocycles. The summed E-state index contributed by atoms with van der Waals surface area (Å²) in [7, 11) is 0. The van der Waals surface area contributed by atoms with Crippen molar-refractivity contribution in [3.63, 3.8) is 0 Å². The lowest BCUT2D eigenvalue weighted by Crippen LogP contribution is -2.29. The lowest BCUT2D eigenvalue weighted by molar-refractivity contribution is -0.137. The van der Waals surface area contributed by atoms with Crippen LogP contribution in [0.15, 0.2) is 47.1 Å². The summed E-state index contributed by atoms with van der Waals surface area (Å²) < 4.78 is 5.16. The highest BCUT2D eigenvalue weighted by Gasteiger charge is 2.19. The Kier molecular flexibility index (Phi) is 4.77. The molecule has 1 aromatic carbocycles. The molecule has 1 heterocycles. The molecule has 2 N–H and O–H groups in total. The molecule has 2 rings (SSSR count). The number of carboxylic acid groups (broad SMARTS) is 1. The maximum absolute atomic E-state index is 12.2. The van der Waals surface area contributed by atoms with Gasteiger partial charge in [0.25, 0.3) is 5.91 Å². The summed E-state index contributed by atoms with van der Waals surface area (Å²) in [6.45, 7) is 1.78. The molecule has 0 bridgehead atoms. The van der Waals surface area contributed by atoms with Crippen molar-refractivity contribution in [2.75, 3.05) is 0 Å². The van der Waals surface area contributed by atoms with E-state index in [1.807, 2.05) is 30.3 Å². The molecule has 1 amide bonds. The second-order valence-corrected chi connectivity index (χ2v) is 4.80. The normalized spacial score (nSPS) is 11.9. The summed E-state index contributed by atoms with van der Waals surface area (Å²) in [5, 5.41) is 11.7. The summed E-state index contributed by atoms with van der Waals surface area (Å²) >= 11 is 0. The molecule has 5 heteroatoms. The first-order valence-corrected chi connectivity index (χ1v) is 6.69. The van der Waals surface area contributed by atoms with Gasteiger partial charge in [-0.1, -0.05) is 30.3 Å². The molecule has 0 aliphatic heterocycles. The molecule has 1 unspecified atom stereocenters. The van der Waals surface area contributed by atoms with Gasteiger partial charge in [0.05, 0.1) is 12.3 Å². The number of rotatable bonds is 6. The predicted octanol–water partition coefficient (Wildman–Crippen LogP) is 2.92. The molecule has 0 aliphatic carbocycles. The van der Waals surface area contributed by atoms with E-state index in [9.17, 15) is 9.59 Å². The average Bonchev–Trinajstić information content (AvgIpc) is 2.90. The van der Waals surface area contributed by atoms with Gasteiger partial charge in [0.1, 0.15) is 0 Å². The molecular weight excluding hydrogens is 270 g/mol. The Morgan fingerprint density at radius 1 is 1.24 bits per heavy atom. The SMILES string of the molecule is Cc1ccoc1C(=O)NC(CCC(=O)O)c1ccccc1. The number of furan rings is 1. The quantitative estimate of drug-likeness (QED) is 0.856. The first-order valence-electron chi connectivity index (χ1n) is 6.69. The predicted molar refractivity (Wildman–Crippen MR) is 77.0 cm³/mol. The van der Waals surface area contributed by atoms with Crippen molar-refractivity contribution in [2.24, 2.45) is 0 Å². The smallest absolute Gasteiger partial charge is 0.303 e. The van der Waals surface area contributed by atoms with Gasteiger partial charge in [0.2, 0.25) is 0 Å². The number of carboxylic acids is 1. The highest BCUT2D eigenvalue weighted by Crippen LogP contribution is 2.20. The first kappa shape index (κ1) is 14.8. The molecule has 1 aromatic heterocycles. The Morgan fingerprint density at radius 2 is 1.95 bits per heavy atom. The van der Waals surface area contributed by atoms with Crippen molar-refractivity contribution in [1.82, 2.24) is 5.32 Å². The Labute approximate surface area is 122 Å². The molecule has 5 nitrogen and oxygen atoms in total. The van der Waals surface area contributed by atoms with Crippen LogP contribution in [-0.4, -0.2) is 17.0 Å². The van der Waals surface area contributed by atoms with Gasteiger partial charge in [-0.05, 0) is 25.0 Å². The maximum atomic E-state index is 12.2. The van der Waals surface area contributed by atoms with Crippen LogP contribution in [0.3, 0.4) is 0 Å². The molecule has 0 aliphatic rings. The Balaban J connectivity index is 2.14. The lowest BCUT2D eigenvalue weighted by atomic mass is 10.0. The molecule has 0 fully saturated rings. The van der Waals surface area contributed by atoms with Gasteiger partial charge in [-0.25, -0.2) is 0 Å². The minimum absolute atomic E-state index is 0.0169.